The van der Waals surface area contributed by atoms with Gasteiger partial charge >= 0.3 is 0 Å². The van der Waals surface area contributed by atoms with Crippen LogP contribution in [0.2, 0.25) is 0 Å². The fraction of sp³-hybridized carbons (Fsp3) is 0.778. The number of hydrogen-bond donors (Lipinski definition) is 2. The smallest absolute Gasteiger partial charge is 0.0897 e. The Kier molecular flexibility index (Phi) is 1.85. The average Bonchev–Trinajstić information content (AvgIpc) is 1.77. The monoisotopic (exact) mass is 155 g/mol. The molecule has 2 heteroatoms. The molecule has 1 aliphatic rings. The number of aliphatic hydroxyl groups is 1. The Morgan fingerprint density at radius 2 is 1.82 bits per heavy atom. The molecule has 1 unspecified atom stereocenters. The molecule has 1 atom stereocenters. The van der Waals surface area contributed by atoms with Crippen LogP contribution in [0.15, 0.2) is 12.2 Å². The van der Waals surface area contributed by atoms with Crippen molar-refractivity contribution in [3.05, 3.63) is 12.2 Å². The van der Waals surface area contributed by atoms with Crippen LogP contribution < -0.4 is 5.32 Å². The van der Waals surface area contributed by atoms with Crippen molar-refractivity contribution in [3.63, 3.8) is 0 Å². The molecule has 1 rings (SSSR count). The summed E-state index contributed by atoms with van der Waals surface area (Å²) < 4.78 is 0. The standard InChI is InChI=1S/C9H17NO/c1-8(2)6-5-7(11)9(3,4)10-8/h5-7,10-11H,1-4H3. The summed E-state index contributed by atoms with van der Waals surface area (Å²) in [7, 11) is 0. The van der Waals surface area contributed by atoms with Gasteiger partial charge in [0.2, 0.25) is 0 Å². The lowest BCUT2D eigenvalue weighted by Crippen LogP contribution is -2.59. The summed E-state index contributed by atoms with van der Waals surface area (Å²) in [5.74, 6) is 0. The summed E-state index contributed by atoms with van der Waals surface area (Å²) in [5.41, 5.74) is -0.207. The minimum atomic E-state index is -0.379. The van der Waals surface area contributed by atoms with Crippen LogP contribution in [-0.4, -0.2) is 22.3 Å². The zero-order chi connectivity index (χ0) is 8.70. The lowest BCUT2D eigenvalue weighted by atomic mass is 9.86. The van der Waals surface area contributed by atoms with Gasteiger partial charge in [-0.2, -0.15) is 0 Å². The molecular formula is C9H17NO. The highest BCUT2D eigenvalue weighted by molar-refractivity contribution is 5.15. The van der Waals surface area contributed by atoms with Crippen molar-refractivity contribution >= 4 is 0 Å². The van der Waals surface area contributed by atoms with Crippen molar-refractivity contribution in [1.29, 1.82) is 0 Å². The van der Waals surface area contributed by atoms with E-state index >= 15 is 0 Å². The maximum absolute atomic E-state index is 9.52. The zero-order valence-corrected chi connectivity index (χ0v) is 7.68. The SMILES string of the molecule is CC1(C)C=CC(O)C(C)(C)N1. The average molecular weight is 155 g/mol. The Bertz CT molecular complexity index is 182. The second-order valence-corrected chi connectivity index (χ2v) is 4.37. The minimum Gasteiger partial charge on any atom is -0.387 e. The fourth-order valence-electron chi connectivity index (χ4n) is 1.52. The molecule has 0 fully saturated rings. The van der Waals surface area contributed by atoms with Gasteiger partial charge in [-0.05, 0) is 27.7 Å². The molecule has 1 aliphatic heterocycles. The highest BCUT2D eigenvalue weighted by Crippen LogP contribution is 2.22. The van der Waals surface area contributed by atoms with E-state index in [1.165, 1.54) is 0 Å². The molecule has 11 heavy (non-hydrogen) atoms. The Morgan fingerprint density at radius 3 is 2.18 bits per heavy atom. The van der Waals surface area contributed by atoms with E-state index in [9.17, 15) is 5.11 Å². The van der Waals surface area contributed by atoms with E-state index in [0.29, 0.717) is 0 Å². The molecule has 0 saturated carbocycles. The summed E-state index contributed by atoms with van der Waals surface area (Å²) in [5, 5.41) is 12.9. The normalized spacial score (nSPS) is 33.7. The van der Waals surface area contributed by atoms with Crippen LogP contribution in [0.4, 0.5) is 0 Å². The van der Waals surface area contributed by atoms with Gasteiger partial charge in [-0.25, -0.2) is 0 Å². The first-order chi connectivity index (χ1) is 4.83. The maximum atomic E-state index is 9.52. The minimum absolute atomic E-state index is 0.00271. The van der Waals surface area contributed by atoms with E-state index in [1.807, 2.05) is 26.0 Å². The Hall–Kier alpha value is -0.340. The second kappa shape index (κ2) is 2.32. The van der Waals surface area contributed by atoms with Crippen LogP contribution in [0.5, 0.6) is 0 Å². The predicted octanol–water partition coefficient (Wildman–Crippen LogP) is 1.06. The molecule has 64 valence electrons. The first kappa shape index (κ1) is 8.75. The van der Waals surface area contributed by atoms with Gasteiger partial charge in [-0.3, -0.25) is 0 Å². The van der Waals surface area contributed by atoms with Gasteiger partial charge in [0.25, 0.3) is 0 Å². The first-order valence-corrected chi connectivity index (χ1v) is 4.00. The van der Waals surface area contributed by atoms with Crippen LogP contribution >= 0.6 is 0 Å². The van der Waals surface area contributed by atoms with Gasteiger partial charge in [0.05, 0.1) is 6.10 Å². The van der Waals surface area contributed by atoms with Gasteiger partial charge in [0, 0.05) is 11.1 Å². The van der Waals surface area contributed by atoms with Crippen molar-refractivity contribution in [2.24, 2.45) is 0 Å². The molecule has 0 bridgehead atoms. The topological polar surface area (TPSA) is 32.3 Å². The van der Waals surface area contributed by atoms with Crippen molar-refractivity contribution in [2.75, 3.05) is 0 Å². The Balaban J connectivity index is 2.85. The third-order valence-electron chi connectivity index (χ3n) is 2.08. The van der Waals surface area contributed by atoms with Crippen molar-refractivity contribution < 1.29 is 5.11 Å². The number of aliphatic hydroxyl groups excluding tert-OH is 1. The Labute approximate surface area is 68.3 Å². The molecule has 1 heterocycles. The molecule has 0 aromatic rings. The van der Waals surface area contributed by atoms with E-state index < -0.39 is 0 Å². The van der Waals surface area contributed by atoms with Gasteiger partial charge in [-0.15, -0.1) is 0 Å². The summed E-state index contributed by atoms with van der Waals surface area (Å²) >= 11 is 0. The molecule has 2 N–H and O–H groups in total. The van der Waals surface area contributed by atoms with Crippen LogP contribution in [0.1, 0.15) is 27.7 Å². The number of nitrogens with one attached hydrogen (secondary N) is 1. The molecule has 0 saturated heterocycles. The number of hydrogen-bond acceptors (Lipinski definition) is 2. The van der Waals surface area contributed by atoms with Crippen molar-refractivity contribution in [3.8, 4) is 0 Å². The highest BCUT2D eigenvalue weighted by Gasteiger charge is 2.34. The summed E-state index contributed by atoms with van der Waals surface area (Å²) in [6, 6.07) is 0. The fourth-order valence-corrected chi connectivity index (χ4v) is 1.52. The molecule has 0 aromatic heterocycles. The van der Waals surface area contributed by atoms with Crippen LogP contribution in [-0.2, 0) is 0 Å². The van der Waals surface area contributed by atoms with Crippen LogP contribution in [0.3, 0.4) is 0 Å². The lowest BCUT2D eigenvalue weighted by molar-refractivity contribution is 0.0934. The van der Waals surface area contributed by atoms with E-state index in [-0.39, 0.29) is 17.2 Å². The molecule has 0 aromatic carbocycles. The molecule has 0 amide bonds. The predicted molar refractivity (Wildman–Crippen MR) is 46.4 cm³/mol. The molecule has 0 spiro atoms. The zero-order valence-electron chi connectivity index (χ0n) is 7.68. The summed E-state index contributed by atoms with van der Waals surface area (Å²) in [4.78, 5) is 0. The van der Waals surface area contributed by atoms with Crippen LogP contribution in [0, 0.1) is 0 Å². The lowest BCUT2D eigenvalue weighted by Gasteiger charge is -2.41. The van der Waals surface area contributed by atoms with Gasteiger partial charge < -0.3 is 10.4 Å². The van der Waals surface area contributed by atoms with Gasteiger partial charge in [0.1, 0.15) is 0 Å². The molecule has 0 radical (unpaired) electrons. The van der Waals surface area contributed by atoms with E-state index in [1.54, 1.807) is 0 Å². The summed E-state index contributed by atoms with van der Waals surface area (Å²) in [6.45, 7) is 8.19. The van der Waals surface area contributed by atoms with Crippen molar-refractivity contribution in [1.82, 2.24) is 5.32 Å². The quantitative estimate of drug-likeness (QED) is 0.513. The van der Waals surface area contributed by atoms with E-state index in [2.05, 4.69) is 19.2 Å². The molecule has 0 aliphatic carbocycles. The summed E-state index contributed by atoms with van der Waals surface area (Å²) in [6.07, 6.45) is 3.48. The maximum Gasteiger partial charge on any atom is 0.0897 e. The largest absolute Gasteiger partial charge is 0.387 e. The van der Waals surface area contributed by atoms with E-state index in [4.69, 9.17) is 0 Å². The Morgan fingerprint density at radius 1 is 1.27 bits per heavy atom. The van der Waals surface area contributed by atoms with Gasteiger partial charge in [0.15, 0.2) is 0 Å². The second-order valence-electron chi connectivity index (χ2n) is 4.37. The molecule has 2 nitrogen and oxygen atoms in total. The van der Waals surface area contributed by atoms with Crippen molar-refractivity contribution in [2.45, 2.75) is 44.9 Å². The third kappa shape index (κ3) is 1.82. The van der Waals surface area contributed by atoms with Crippen LogP contribution in [0.25, 0.3) is 0 Å². The first-order valence-electron chi connectivity index (χ1n) is 4.00. The number of rotatable bonds is 0. The van der Waals surface area contributed by atoms with Gasteiger partial charge in [-0.1, -0.05) is 12.2 Å². The molecular weight excluding hydrogens is 138 g/mol. The highest BCUT2D eigenvalue weighted by atomic mass is 16.3. The van der Waals surface area contributed by atoms with E-state index in [0.717, 1.165) is 0 Å². The third-order valence-corrected chi connectivity index (χ3v) is 2.08.